The van der Waals surface area contributed by atoms with E-state index in [1.165, 1.54) is 6.42 Å². The number of carbonyl (C=O) groups is 3. The summed E-state index contributed by atoms with van der Waals surface area (Å²) in [5.41, 5.74) is 5.37. The smallest absolute Gasteiger partial charge is 0.334 e. The van der Waals surface area contributed by atoms with Crippen LogP contribution in [0.15, 0.2) is 48.5 Å². The SMILES string of the molecule is CC(C)(C)n1nnc2c1-c1ccccc1N(CCC(=O)ON1C(=O)[CH-]CC1=O)Cc1ccccc1-2.[Y]. The van der Waals surface area contributed by atoms with Crippen LogP contribution in [0.3, 0.4) is 0 Å². The van der Waals surface area contributed by atoms with E-state index in [1.54, 1.807) is 0 Å². The maximum absolute atomic E-state index is 12.6. The molecule has 2 aromatic carbocycles. The summed E-state index contributed by atoms with van der Waals surface area (Å²) in [4.78, 5) is 43.3. The summed E-state index contributed by atoms with van der Waals surface area (Å²) in [6.07, 6.45) is 1.14. The first-order valence-electron chi connectivity index (χ1n) is 11.5. The molecule has 3 heterocycles. The fourth-order valence-corrected chi connectivity index (χ4v) is 4.44. The number of carbonyl (C=O) groups excluding carboxylic acids is 3. The van der Waals surface area contributed by atoms with Crippen molar-refractivity contribution in [3.8, 4) is 22.5 Å². The van der Waals surface area contributed by atoms with Crippen LogP contribution in [0.5, 0.6) is 0 Å². The van der Waals surface area contributed by atoms with E-state index in [0.29, 0.717) is 18.2 Å². The number of hydrogen-bond acceptors (Lipinski definition) is 7. The number of hydroxylamine groups is 2. The third kappa shape index (κ3) is 4.82. The first-order chi connectivity index (χ1) is 16.7. The molecule has 2 amide bonds. The Morgan fingerprint density at radius 1 is 1.06 bits per heavy atom. The molecule has 0 atom stereocenters. The standard InChI is InChI=1S/C26H26N5O4.Y/c1-26(2,3)31-25-19-10-6-7-11-20(19)29(15-14-23(34)35-30-21(32)12-13-22(30)33)16-17-8-4-5-9-18(17)24(25)27-28-31;/h4-12H,13-16H2,1-3H3;/q-1;. The molecule has 2 aliphatic rings. The molecule has 10 heteroatoms. The van der Waals surface area contributed by atoms with Crippen LogP contribution in [0.4, 0.5) is 5.69 Å². The van der Waals surface area contributed by atoms with Crippen molar-refractivity contribution < 1.29 is 51.9 Å². The Morgan fingerprint density at radius 3 is 2.44 bits per heavy atom. The molecule has 36 heavy (non-hydrogen) atoms. The summed E-state index contributed by atoms with van der Waals surface area (Å²) >= 11 is 0. The van der Waals surface area contributed by atoms with Crippen molar-refractivity contribution in [3.63, 3.8) is 0 Å². The number of fused-ring (bicyclic) bond motifs is 5. The predicted octanol–water partition coefficient (Wildman–Crippen LogP) is 3.50. The zero-order valence-electron chi connectivity index (χ0n) is 20.5. The molecule has 1 aromatic heterocycles. The molecule has 1 saturated heterocycles. The predicted molar refractivity (Wildman–Crippen MR) is 128 cm³/mol. The van der Waals surface area contributed by atoms with Gasteiger partial charge in [0.05, 0.1) is 17.7 Å². The number of benzene rings is 2. The van der Waals surface area contributed by atoms with Gasteiger partial charge in [-0.05, 0) is 32.4 Å². The first-order valence-corrected chi connectivity index (χ1v) is 11.5. The van der Waals surface area contributed by atoms with Crippen molar-refractivity contribution in [1.82, 2.24) is 20.1 Å². The molecular weight excluding hydrogens is 535 g/mol. The average Bonchev–Trinajstić information content (AvgIpc) is 3.40. The minimum absolute atomic E-state index is 0. The van der Waals surface area contributed by atoms with E-state index >= 15 is 0 Å². The van der Waals surface area contributed by atoms with Gasteiger partial charge in [0.2, 0.25) is 5.91 Å². The van der Waals surface area contributed by atoms with Gasteiger partial charge in [0.15, 0.2) is 0 Å². The molecule has 9 nitrogen and oxygen atoms in total. The summed E-state index contributed by atoms with van der Waals surface area (Å²) in [5, 5.41) is 9.65. The third-order valence-electron chi connectivity index (χ3n) is 6.10. The molecule has 5 rings (SSSR count). The largest absolute Gasteiger partial charge is 0.366 e. The van der Waals surface area contributed by atoms with Gasteiger partial charge in [0.25, 0.3) is 0 Å². The van der Waals surface area contributed by atoms with E-state index in [0.717, 1.165) is 33.8 Å². The number of anilines is 1. The van der Waals surface area contributed by atoms with E-state index in [1.807, 2.05) is 53.2 Å². The summed E-state index contributed by atoms with van der Waals surface area (Å²) in [5.74, 6) is -1.79. The number of imide groups is 1. The van der Waals surface area contributed by atoms with Gasteiger partial charge in [-0.1, -0.05) is 54.1 Å². The van der Waals surface area contributed by atoms with Crippen LogP contribution >= 0.6 is 0 Å². The Balaban J connectivity index is 0.00000304. The van der Waals surface area contributed by atoms with Crippen LogP contribution in [0.1, 0.15) is 39.2 Å². The Morgan fingerprint density at radius 2 is 1.75 bits per heavy atom. The number of aromatic nitrogens is 3. The summed E-state index contributed by atoms with van der Waals surface area (Å²) in [7, 11) is 0. The summed E-state index contributed by atoms with van der Waals surface area (Å²) in [6, 6.07) is 16.0. The van der Waals surface area contributed by atoms with Gasteiger partial charge in [0.1, 0.15) is 11.6 Å². The molecule has 1 fully saturated rings. The van der Waals surface area contributed by atoms with E-state index in [-0.39, 0.29) is 51.1 Å². The zero-order chi connectivity index (χ0) is 24.7. The van der Waals surface area contributed by atoms with Gasteiger partial charge in [-0.3, -0.25) is 11.2 Å². The second-order valence-electron chi connectivity index (χ2n) is 9.61. The van der Waals surface area contributed by atoms with Crippen LogP contribution in [-0.4, -0.2) is 44.4 Å². The molecule has 1 radical (unpaired) electrons. The maximum atomic E-state index is 12.6. The molecular formula is C26H26N5O4Y-. The van der Waals surface area contributed by atoms with Crippen molar-refractivity contribution in [3.05, 3.63) is 60.5 Å². The maximum Gasteiger partial charge on any atom is 0.334 e. The van der Waals surface area contributed by atoms with Gasteiger partial charge in [0, 0.05) is 62.6 Å². The minimum Gasteiger partial charge on any atom is -0.366 e. The van der Waals surface area contributed by atoms with Crippen LogP contribution in [0, 0.1) is 6.42 Å². The molecule has 0 N–H and O–H groups in total. The molecule has 3 aromatic rings. The fourth-order valence-electron chi connectivity index (χ4n) is 4.44. The van der Waals surface area contributed by atoms with Crippen LogP contribution in [-0.2, 0) is 64.0 Å². The van der Waals surface area contributed by atoms with Crippen molar-refractivity contribution in [2.24, 2.45) is 0 Å². The minimum atomic E-state index is -0.642. The van der Waals surface area contributed by atoms with Crippen LogP contribution in [0.25, 0.3) is 22.5 Å². The van der Waals surface area contributed by atoms with Crippen molar-refractivity contribution >= 4 is 23.5 Å². The van der Waals surface area contributed by atoms with Crippen LogP contribution < -0.4 is 4.90 Å². The van der Waals surface area contributed by atoms with Gasteiger partial charge < -0.3 is 14.5 Å². The zero-order valence-corrected chi connectivity index (χ0v) is 23.3. The van der Waals surface area contributed by atoms with E-state index in [4.69, 9.17) is 4.84 Å². The molecule has 0 spiro atoms. The monoisotopic (exact) mass is 561 g/mol. The second kappa shape index (κ2) is 10.1. The normalized spacial score (nSPS) is 14.6. The Hall–Kier alpha value is -3.04. The number of amides is 2. The molecule has 183 valence electrons. The van der Waals surface area contributed by atoms with E-state index < -0.39 is 17.8 Å². The number of nitrogens with zero attached hydrogens (tertiary/aromatic N) is 5. The van der Waals surface area contributed by atoms with Gasteiger partial charge in [-0.2, -0.15) is 0 Å². The summed E-state index contributed by atoms with van der Waals surface area (Å²) < 4.78 is 1.94. The average molecular weight is 561 g/mol. The second-order valence-corrected chi connectivity index (χ2v) is 9.61. The molecule has 0 unspecified atom stereocenters. The quantitative estimate of drug-likeness (QED) is 0.355. The van der Waals surface area contributed by atoms with Gasteiger partial charge in [-0.15, -0.1) is 10.2 Å². The fraction of sp³-hybridized carbons (Fsp3) is 0.308. The van der Waals surface area contributed by atoms with Crippen molar-refractivity contribution in [1.29, 1.82) is 0 Å². The number of para-hydroxylation sites is 1. The third-order valence-corrected chi connectivity index (χ3v) is 6.10. The summed E-state index contributed by atoms with van der Waals surface area (Å²) in [6.45, 7) is 7.12. The molecule has 2 aliphatic heterocycles. The molecule has 0 bridgehead atoms. The number of rotatable bonds is 4. The molecule has 0 aliphatic carbocycles. The Kier molecular flexibility index (Phi) is 7.34. The topological polar surface area (TPSA) is 97.6 Å². The van der Waals surface area contributed by atoms with Crippen molar-refractivity contribution in [2.45, 2.75) is 45.7 Å². The Labute approximate surface area is 234 Å². The van der Waals surface area contributed by atoms with Crippen LogP contribution in [0.2, 0.25) is 0 Å². The van der Waals surface area contributed by atoms with E-state index in [9.17, 15) is 14.4 Å². The van der Waals surface area contributed by atoms with Gasteiger partial charge in [-0.25, -0.2) is 9.48 Å². The number of hydrogen-bond donors (Lipinski definition) is 0. The molecule has 0 saturated carbocycles. The van der Waals surface area contributed by atoms with E-state index in [2.05, 4.69) is 36.0 Å². The van der Waals surface area contributed by atoms with Crippen molar-refractivity contribution in [2.75, 3.05) is 11.4 Å². The first kappa shape index (κ1) is 26.0. The van der Waals surface area contributed by atoms with Gasteiger partial charge >= 0.3 is 5.97 Å². The Bertz CT molecular complexity index is 1310.